The third-order valence-electron chi connectivity index (χ3n) is 5.33. The molecule has 0 atom stereocenters. The Kier molecular flexibility index (Phi) is 4.85. The van der Waals surface area contributed by atoms with Crippen LogP contribution in [0.4, 0.5) is 23.4 Å². The highest BCUT2D eigenvalue weighted by Gasteiger charge is 2.30. The van der Waals surface area contributed by atoms with Crippen molar-refractivity contribution in [3.63, 3.8) is 0 Å². The van der Waals surface area contributed by atoms with E-state index in [9.17, 15) is 17.6 Å². The van der Waals surface area contributed by atoms with Crippen LogP contribution in [0.2, 0.25) is 0 Å². The number of aromatic nitrogens is 5. The maximum Gasteiger partial charge on any atom is 0.416 e. The third kappa shape index (κ3) is 3.91. The number of rotatable bonds is 4. The number of halogens is 4. The zero-order valence-corrected chi connectivity index (χ0v) is 16.9. The first kappa shape index (κ1) is 20.7. The molecule has 0 aliphatic carbocycles. The molecule has 0 radical (unpaired) electrons. The Bertz CT molecular complexity index is 1430. The molecule has 0 bridgehead atoms. The summed E-state index contributed by atoms with van der Waals surface area (Å²) in [5, 5.41) is 16.1. The van der Waals surface area contributed by atoms with Crippen molar-refractivity contribution in [1.29, 1.82) is 0 Å². The van der Waals surface area contributed by atoms with Gasteiger partial charge in [-0.05, 0) is 54.1 Å². The van der Waals surface area contributed by atoms with Gasteiger partial charge in [-0.2, -0.15) is 18.3 Å². The molecule has 0 amide bonds. The van der Waals surface area contributed by atoms with E-state index in [1.165, 1.54) is 24.3 Å². The van der Waals surface area contributed by atoms with E-state index in [2.05, 4.69) is 20.5 Å². The third-order valence-corrected chi connectivity index (χ3v) is 5.33. The lowest BCUT2D eigenvalue weighted by molar-refractivity contribution is -0.137. The van der Waals surface area contributed by atoms with Gasteiger partial charge in [-0.15, -0.1) is 5.10 Å². The molecule has 5 aromatic rings. The van der Waals surface area contributed by atoms with Gasteiger partial charge in [0.05, 0.1) is 23.3 Å². The first-order chi connectivity index (χ1) is 15.8. The highest BCUT2D eigenvalue weighted by molar-refractivity contribution is 5.93. The van der Waals surface area contributed by atoms with Crippen LogP contribution in [0.1, 0.15) is 11.1 Å². The van der Waals surface area contributed by atoms with E-state index in [-0.39, 0.29) is 6.54 Å². The molecule has 0 saturated heterocycles. The quantitative estimate of drug-likeness (QED) is 0.364. The van der Waals surface area contributed by atoms with Gasteiger partial charge < -0.3 is 5.73 Å². The number of nitrogens with one attached hydrogen (secondary N) is 1. The number of nitrogens with two attached hydrogens (primary N) is 1. The molecular weight excluding hydrogens is 436 g/mol. The molecule has 6 nitrogen and oxygen atoms in total. The summed E-state index contributed by atoms with van der Waals surface area (Å²) in [4.78, 5) is 0. The van der Waals surface area contributed by atoms with Gasteiger partial charge in [-0.1, -0.05) is 23.4 Å². The number of alkyl halides is 3. The van der Waals surface area contributed by atoms with Crippen LogP contribution in [0, 0.1) is 5.82 Å². The molecule has 0 aliphatic heterocycles. The molecule has 10 heteroatoms. The molecule has 0 spiro atoms. The van der Waals surface area contributed by atoms with E-state index in [1.54, 1.807) is 16.8 Å². The van der Waals surface area contributed by atoms with E-state index in [0.717, 1.165) is 23.0 Å². The van der Waals surface area contributed by atoms with Crippen LogP contribution < -0.4 is 5.73 Å². The second kappa shape index (κ2) is 7.73. The molecule has 3 aromatic carbocycles. The topological polar surface area (TPSA) is 85.4 Å². The summed E-state index contributed by atoms with van der Waals surface area (Å²) in [6, 6.07) is 16.2. The minimum atomic E-state index is -4.41. The fraction of sp³-hybridized carbons (Fsp3) is 0.0870. The first-order valence-corrected chi connectivity index (χ1v) is 9.89. The van der Waals surface area contributed by atoms with Crippen LogP contribution in [-0.2, 0) is 12.7 Å². The van der Waals surface area contributed by atoms with Crippen LogP contribution in [0.3, 0.4) is 0 Å². The average molecular weight is 452 g/mol. The van der Waals surface area contributed by atoms with E-state index in [1.807, 2.05) is 18.2 Å². The summed E-state index contributed by atoms with van der Waals surface area (Å²) in [5.74, 6) is -0.0537. The molecule has 2 heterocycles. The summed E-state index contributed by atoms with van der Waals surface area (Å²) in [7, 11) is 0. The monoisotopic (exact) mass is 452 g/mol. The number of hydrogen-bond acceptors (Lipinski definition) is 4. The van der Waals surface area contributed by atoms with E-state index in [4.69, 9.17) is 5.73 Å². The van der Waals surface area contributed by atoms with Crippen molar-refractivity contribution >= 4 is 16.7 Å². The van der Waals surface area contributed by atoms with Gasteiger partial charge in [-0.25, -0.2) is 9.07 Å². The Morgan fingerprint density at radius 3 is 2.30 bits per heavy atom. The van der Waals surface area contributed by atoms with Gasteiger partial charge in [0, 0.05) is 16.5 Å². The lowest BCUT2D eigenvalue weighted by Gasteiger charge is -2.11. The SMILES string of the molecule is Nc1n[nH]c2ccc(-c3nnn(Cc4ccc(C(F)(F)F)cc4)c3-c3ccc(F)cc3)cc12. The predicted octanol–water partition coefficient (Wildman–Crippen LogP) is 5.28. The standard InChI is InChI=1S/C23H16F4N6/c24-17-8-3-14(4-9-17)21-20(15-5-10-19-18(11-15)22(28)31-29-19)30-32-33(21)12-13-1-6-16(7-2-13)23(25,26)27/h1-11H,12H2,(H3,28,29,31). The van der Waals surface area contributed by atoms with Crippen molar-refractivity contribution in [2.45, 2.75) is 12.7 Å². The molecule has 0 saturated carbocycles. The summed E-state index contributed by atoms with van der Waals surface area (Å²) >= 11 is 0. The van der Waals surface area contributed by atoms with Crippen LogP contribution in [0.5, 0.6) is 0 Å². The number of hydrogen-bond donors (Lipinski definition) is 2. The Hall–Kier alpha value is -4.21. The van der Waals surface area contributed by atoms with Gasteiger partial charge in [-0.3, -0.25) is 5.10 Å². The smallest absolute Gasteiger partial charge is 0.382 e. The van der Waals surface area contributed by atoms with Gasteiger partial charge in [0.25, 0.3) is 0 Å². The fourth-order valence-electron chi connectivity index (χ4n) is 3.67. The number of benzene rings is 3. The molecule has 2 aromatic heterocycles. The van der Waals surface area contributed by atoms with Crippen molar-refractivity contribution in [2.75, 3.05) is 5.73 Å². The Morgan fingerprint density at radius 2 is 1.61 bits per heavy atom. The lowest BCUT2D eigenvalue weighted by atomic mass is 10.0. The number of fused-ring (bicyclic) bond motifs is 1. The minimum Gasteiger partial charge on any atom is -0.382 e. The number of aromatic amines is 1. The van der Waals surface area contributed by atoms with Crippen LogP contribution in [0.15, 0.2) is 66.7 Å². The molecule has 33 heavy (non-hydrogen) atoms. The molecular formula is C23H16F4N6. The maximum absolute atomic E-state index is 13.6. The van der Waals surface area contributed by atoms with Crippen molar-refractivity contribution < 1.29 is 17.6 Å². The Balaban J connectivity index is 1.60. The zero-order chi connectivity index (χ0) is 23.2. The predicted molar refractivity (Wildman–Crippen MR) is 115 cm³/mol. The van der Waals surface area contributed by atoms with Crippen molar-refractivity contribution in [1.82, 2.24) is 25.2 Å². The molecule has 0 aliphatic rings. The van der Waals surface area contributed by atoms with Gasteiger partial charge in [0.15, 0.2) is 5.82 Å². The molecule has 166 valence electrons. The van der Waals surface area contributed by atoms with Gasteiger partial charge in [0.1, 0.15) is 11.5 Å². The first-order valence-electron chi connectivity index (χ1n) is 9.89. The summed E-state index contributed by atoms with van der Waals surface area (Å²) in [6.45, 7) is 0.175. The van der Waals surface area contributed by atoms with Crippen LogP contribution >= 0.6 is 0 Å². The van der Waals surface area contributed by atoms with Crippen molar-refractivity contribution in [3.8, 4) is 22.5 Å². The van der Waals surface area contributed by atoms with Crippen molar-refractivity contribution in [3.05, 3.63) is 83.7 Å². The molecule has 5 rings (SSSR count). The van der Waals surface area contributed by atoms with E-state index >= 15 is 0 Å². The molecule has 3 N–H and O–H groups in total. The number of nitrogens with zero attached hydrogens (tertiary/aromatic N) is 4. The maximum atomic E-state index is 13.6. The summed E-state index contributed by atoms with van der Waals surface area (Å²) < 4.78 is 53.8. The fourth-order valence-corrected chi connectivity index (χ4v) is 3.67. The highest BCUT2D eigenvalue weighted by atomic mass is 19.4. The minimum absolute atomic E-state index is 0.175. The van der Waals surface area contributed by atoms with Crippen LogP contribution in [0.25, 0.3) is 33.4 Å². The van der Waals surface area contributed by atoms with Crippen molar-refractivity contribution in [2.24, 2.45) is 0 Å². The van der Waals surface area contributed by atoms with Crippen LogP contribution in [-0.4, -0.2) is 25.2 Å². The van der Waals surface area contributed by atoms with E-state index in [0.29, 0.717) is 33.9 Å². The number of nitrogen functional groups attached to an aromatic ring is 1. The lowest BCUT2D eigenvalue weighted by Crippen LogP contribution is -2.07. The number of anilines is 1. The largest absolute Gasteiger partial charge is 0.416 e. The second-order valence-electron chi connectivity index (χ2n) is 7.52. The summed E-state index contributed by atoms with van der Waals surface area (Å²) in [5.41, 5.74) is 9.07. The number of H-pyrrole nitrogens is 1. The highest BCUT2D eigenvalue weighted by Crippen LogP contribution is 2.34. The Labute approximate surface area is 184 Å². The zero-order valence-electron chi connectivity index (χ0n) is 16.9. The molecule has 0 unspecified atom stereocenters. The Morgan fingerprint density at radius 1 is 0.909 bits per heavy atom. The molecule has 0 fully saturated rings. The van der Waals surface area contributed by atoms with E-state index < -0.39 is 17.6 Å². The normalized spacial score (nSPS) is 11.9. The van der Waals surface area contributed by atoms with Gasteiger partial charge in [0.2, 0.25) is 0 Å². The second-order valence-corrected chi connectivity index (χ2v) is 7.52. The average Bonchev–Trinajstić information content (AvgIpc) is 3.37. The summed E-state index contributed by atoms with van der Waals surface area (Å²) in [6.07, 6.45) is -4.41. The van der Waals surface area contributed by atoms with Gasteiger partial charge >= 0.3 is 6.18 Å².